The zero-order valence-corrected chi connectivity index (χ0v) is 13.1. The highest BCUT2D eigenvalue weighted by atomic mass is 32.2. The monoisotopic (exact) mass is 270 g/mol. The summed E-state index contributed by atoms with van der Waals surface area (Å²) in [5.41, 5.74) is 0. The van der Waals surface area contributed by atoms with Crippen molar-refractivity contribution in [3.8, 4) is 0 Å². The fourth-order valence-corrected chi connectivity index (χ4v) is 4.18. The van der Waals surface area contributed by atoms with Crippen molar-refractivity contribution in [1.29, 1.82) is 0 Å². The number of rotatable bonds is 5. The van der Waals surface area contributed by atoms with Gasteiger partial charge in [-0.1, -0.05) is 13.3 Å². The van der Waals surface area contributed by atoms with Gasteiger partial charge in [0.1, 0.15) is 0 Å². The van der Waals surface area contributed by atoms with Crippen molar-refractivity contribution in [3.05, 3.63) is 0 Å². The predicted molar refractivity (Wildman–Crippen MR) is 82.5 cm³/mol. The van der Waals surface area contributed by atoms with Gasteiger partial charge >= 0.3 is 0 Å². The van der Waals surface area contributed by atoms with Crippen LogP contribution in [-0.2, 0) is 0 Å². The number of nitrogens with zero attached hydrogens (tertiary/aromatic N) is 2. The van der Waals surface area contributed by atoms with Crippen molar-refractivity contribution in [2.75, 3.05) is 37.7 Å². The van der Waals surface area contributed by atoms with Gasteiger partial charge in [-0.3, -0.25) is 9.80 Å². The second kappa shape index (κ2) is 7.76. The summed E-state index contributed by atoms with van der Waals surface area (Å²) in [7, 11) is 0. The van der Waals surface area contributed by atoms with Gasteiger partial charge < -0.3 is 0 Å². The molecule has 0 aromatic rings. The summed E-state index contributed by atoms with van der Waals surface area (Å²) in [5.74, 6) is 2.60. The summed E-state index contributed by atoms with van der Waals surface area (Å²) in [6.45, 7) is 10.1. The van der Waals surface area contributed by atoms with Gasteiger partial charge in [-0.25, -0.2) is 0 Å². The van der Waals surface area contributed by atoms with Crippen LogP contribution in [0.5, 0.6) is 0 Å². The van der Waals surface area contributed by atoms with Gasteiger partial charge in [-0.05, 0) is 63.7 Å². The van der Waals surface area contributed by atoms with Crippen LogP contribution in [0.3, 0.4) is 0 Å². The number of piperidine rings is 1. The molecule has 0 saturated carbocycles. The Morgan fingerprint density at radius 1 is 1.17 bits per heavy atom. The zero-order chi connectivity index (χ0) is 12.8. The van der Waals surface area contributed by atoms with Crippen LogP contribution < -0.4 is 0 Å². The van der Waals surface area contributed by atoms with Gasteiger partial charge in [-0.15, -0.1) is 0 Å². The molecule has 3 heteroatoms. The molecule has 2 rings (SSSR count). The highest BCUT2D eigenvalue weighted by Crippen LogP contribution is 2.22. The predicted octanol–water partition coefficient (Wildman–Crippen LogP) is 3.08. The zero-order valence-electron chi connectivity index (χ0n) is 12.2. The van der Waals surface area contributed by atoms with E-state index in [9.17, 15) is 0 Å². The van der Waals surface area contributed by atoms with Crippen molar-refractivity contribution in [1.82, 2.24) is 9.80 Å². The molecule has 2 heterocycles. The van der Waals surface area contributed by atoms with Crippen molar-refractivity contribution in [3.63, 3.8) is 0 Å². The van der Waals surface area contributed by atoms with Crippen LogP contribution in [0.1, 0.15) is 46.0 Å². The maximum Gasteiger partial charge on any atom is 0.0223 e. The Balaban J connectivity index is 1.81. The lowest BCUT2D eigenvalue weighted by Gasteiger charge is -2.37. The summed E-state index contributed by atoms with van der Waals surface area (Å²) in [6.07, 6.45) is 7.06. The Kier molecular flexibility index (Phi) is 6.33. The lowest BCUT2D eigenvalue weighted by molar-refractivity contribution is 0.122. The van der Waals surface area contributed by atoms with Crippen LogP contribution in [0.15, 0.2) is 0 Å². The number of fused-ring (bicyclic) bond motifs is 1. The molecule has 0 N–H and O–H groups in total. The third-order valence-electron chi connectivity index (χ3n) is 4.59. The van der Waals surface area contributed by atoms with Crippen LogP contribution >= 0.6 is 11.8 Å². The lowest BCUT2D eigenvalue weighted by atomic mass is 10.0. The number of hydrogen-bond donors (Lipinski definition) is 0. The van der Waals surface area contributed by atoms with Crippen LogP contribution in [0.2, 0.25) is 0 Å². The SMILES string of the molecule is CCSCCC(C)N1CCCN2CCCCC2C1. The third kappa shape index (κ3) is 4.14. The van der Waals surface area contributed by atoms with E-state index in [1.807, 2.05) is 0 Å². The molecular weight excluding hydrogens is 240 g/mol. The second-order valence-corrected chi connectivity index (χ2v) is 7.26. The van der Waals surface area contributed by atoms with Gasteiger partial charge in [0, 0.05) is 18.6 Å². The van der Waals surface area contributed by atoms with E-state index in [2.05, 4.69) is 35.4 Å². The molecule has 0 radical (unpaired) electrons. The highest BCUT2D eigenvalue weighted by Gasteiger charge is 2.28. The van der Waals surface area contributed by atoms with Crippen molar-refractivity contribution < 1.29 is 0 Å². The standard InChI is InChI=1S/C15H30N2S/c1-3-18-12-8-14(2)17-11-6-10-16-9-5-4-7-15(16)13-17/h14-15H,3-13H2,1-2H3. The van der Waals surface area contributed by atoms with Crippen molar-refractivity contribution in [2.24, 2.45) is 0 Å². The molecule has 0 spiro atoms. The minimum absolute atomic E-state index is 0.783. The normalized spacial score (nSPS) is 28.7. The van der Waals surface area contributed by atoms with Crippen molar-refractivity contribution in [2.45, 2.75) is 58.0 Å². The summed E-state index contributed by atoms with van der Waals surface area (Å²) in [5, 5.41) is 0. The van der Waals surface area contributed by atoms with Gasteiger partial charge in [0.15, 0.2) is 0 Å². The average Bonchev–Trinajstić information content (AvgIpc) is 2.61. The molecule has 0 aliphatic carbocycles. The Bertz CT molecular complexity index is 235. The maximum absolute atomic E-state index is 2.77. The molecule has 2 aliphatic rings. The van der Waals surface area contributed by atoms with Crippen LogP contribution in [0.25, 0.3) is 0 Å². The quantitative estimate of drug-likeness (QED) is 0.709. The first-order chi connectivity index (χ1) is 8.81. The van der Waals surface area contributed by atoms with Crippen molar-refractivity contribution >= 4 is 11.8 Å². The van der Waals surface area contributed by atoms with E-state index in [0.717, 1.165) is 12.1 Å². The summed E-state index contributed by atoms with van der Waals surface area (Å²) < 4.78 is 0. The average molecular weight is 270 g/mol. The fraction of sp³-hybridized carbons (Fsp3) is 1.00. The van der Waals surface area contributed by atoms with E-state index in [1.165, 1.54) is 69.8 Å². The van der Waals surface area contributed by atoms with E-state index in [0.29, 0.717) is 0 Å². The summed E-state index contributed by atoms with van der Waals surface area (Å²) in [4.78, 5) is 5.53. The topological polar surface area (TPSA) is 6.48 Å². The van der Waals surface area contributed by atoms with Crippen LogP contribution in [0.4, 0.5) is 0 Å². The molecule has 2 nitrogen and oxygen atoms in total. The number of hydrogen-bond acceptors (Lipinski definition) is 3. The minimum atomic E-state index is 0.783. The molecule has 2 unspecified atom stereocenters. The molecular formula is C15H30N2S. The molecule has 2 atom stereocenters. The van der Waals surface area contributed by atoms with E-state index >= 15 is 0 Å². The molecule has 2 saturated heterocycles. The fourth-order valence-electron chi connectivity index (χ4n) is 3.38. The first kappa shape index (κ1) is 14.7. The molecule has 2 fully saturated rings. The lowest BCUT2D eigenvalue weighted by Crippen LogP contribution is -2.46. The Hall–Kier alpha value is 0.270. The first-order valence-corrected chi connectivity index (χ1v) is 9.02. The maximum atomic E-state index is 2.77. The Morgan fingerprint density at radius 2 is 2.00 bits per heavy atom. The summed E-state index contributed by atoms with van der Waals surface area (Å²) >= 11 is 2.09. The van der Waals surface area contributed by atoms with Gasteiger partial charge in [0.05, 0.1) is 0 Å². The van der Waals surface area contributed by atoms with Gasteiger partial charge in [0.2, 0.25) is 0 Å². The second-order valence-electron chi connectivity index (χ2n) is 5.87. The Labute approximate surface area is 117 Å². The van der Waals surface area contributed by atoms with Gasteiger partial charge in [-0.2, -0.15) is 11.8 Å². The molecule has 0 bridgehead atoms. The van der Waals surface area contributed by atoms with E-state index < -0.39 is 0 Å². The molecule has 0 aromatic carbocycles. The molecule has 18 heavy (non-hydrogen) atoms. The van der Waals surface area contributed by atoms with E-state index in [-0.39, 0.29) is 0 Å². The molecule has 2 aliphatic heterocycles. The first-order valence-electron chi connectivity index (χ1n) is 7.87. The van der Waals surface area contributed by atoms with Crippen LogP contribution in [-0.4, -0.2) is 59.6 Å². The summed E-state index contributed by atoms with van der Waals surface area (Å²) in [6, 6.07) is 1.65. The largest absolute Gasteiger partial charge is 0.299 e. The molecule has 0 aromatic heterocycles. The third-order valence-corrected chi connectivity index (χ3v) is 5.53. The number of thioether (sulfide) groups is 1. The van der Waals surface area contributed by atoms with E-state index in [1.54, 1.807) is 0 Å². The Morgan fingerprint density at radius 3 is 2.83 bits per heavy atom. The molecule has 0 amide bonds. The van der Waals surface area contributed by atoms with Crippen LogP contribution in [0, 0.1) is 0 Å². The minimum Gasteiger partial charge on any atom is -0.299 e. The highest BCUT2D eigenvalue weighted by molar-refractivity contribution is 7.99. The van der Waals surface area contributed by atoms with E-state index in [4.69, 9.17) is 0 Å². The van der Waals surface area contributed by atoms with Gasteiger partial charge in [0.25, 0.3) is 0 Å². The molecule has 106 valence electrons. The smallest absolute Gasteiger partial charge is 0.0223 e.